The molecule has 1 aromatic rings. The summed E-state index contributed by atoms with van der Waals surface area (Å²) in [5, 5.41) is 0. The van der Waals surface area contributed by atoms with Crippen molar-refractivity contribution in [3.8, 4) is 5.75 Å². The Kier molecular flexibility index (Phi) is 4.98. The number of rotatable bonds is 3. The van der Waals surface area contributed by atoms with Gasteiger partial charge >= 0.3 is 5.97 Å². The van der Waals surface area contributed by atoms with Gasteiger partial charge in [0.25, 0.3) is 0 Å². The van der Waals surface area contributed by atoms with E-state index in [0.717, 1.165) is 11.3 Å². The van der Waals surface area contributed by atoms with Gasteiger partial charge in [-0.3, -0.25) is 0 Å². The molecule has 20 heavy (non-hydrogen) atoms. The Balaban J connectivity index is 2.64. The van der Waals surface area contributed by atoms with Crippen LogP contribution in [-0.2, 0) is 9.53 Å². The first-order chi connectivity index (χ1) is 9.05. The van der Waals surface area contributed by atoms with Gasteiger partial charge in [0.15, 0.2) is 0 Å². The smallest absolute Gasteiger partial charge is 0.331 e. The molecule has 1 aromatic carbocycles. The van der Waals surface area contributed by atoms with Crippen molar-refractivity contribution >= 4 is 12.0 Å². The van der Waals surface area contributed by atoms with E-state index in [9.17, 15) is 4.79 Å². The average Bonchev–Trinajstić information content (AvgIpc) is 2.23. The van der Waals surface area contributed by atoms with Gasteiger partial charge in [-0.05, 0) is 65.3 Å². The second kappa shape index (κ2) is 6.12. The summed E-state index contributed by atoms with van der Waals surface area (Å²) in [6.07, 6.45) is 3.17. The summed E-state index contributed by atoms with van der Waals surface area (Å²) in [5.41, 5.74) is 0.247. The highest BCUT2D eigenvalue weighted by atomic mass is 16.6. The lowest BCUT2D eigenvalue weighted by Crippen LogP contribution is -2.22. The lowest BCUT2D eigenvalue weighted by Gasteiger charge is -2.21. The van der Waals surface area contributed by atoms with Crippen molar-refractivity contribution in [2.45, 2.75) is 52.7 Å². The van der Waals surface area contributed by atoms with Crippen LogP contribution in [0.1, 0.15) is 47.1 Å². The Morgan fingerprint density at radius 3 is 1.95 bits per heavy atom. The van der Waals surface area contributed by atoms with Gasteiger partial charge in [0, 0.05) is 6.08 Å². The molecule has 0 saturated carbocycles. The fraction of sp³-hybridized carbons (Fsp3) is 0.471. The molecule has 0 fully saturated rings. The number of benzene rings is 1. The van der Waals surface area contributed by atoms with E-state index in [2.05, 4.69) is 0 Å². The lowest BCUT2D eigenvalue weighted by molar-refractivity contribution is -0.148. The van der Waals surface area contributed by atoms with Crippen LogP contribution in [0.2, 0.25) is 0 Å². The Labute approximate surface area is 121 Å². The topological polar surface area (TPSA) is 35.5 Å². The van der Waals surface area contributed by atoms with E-state index in [-0.39, 0.29) is 11.6 Å². The Morgan fingerprint density at radius 2 is 1.50 bits per heavy atom. The fourth-order valence-electron chi connectivity index (χ4n) is 1.50. The summed E-state index contributed by atoms with van der Waals surface area (Å²) in [6.45, 7) is 11.5. The second-order valence-electron chi connectivity index (χ2n) is 6.65. The molecule has 0 heterocycles. The summed E-state index contributed by atoms with van der Waals surface area (Å²) in [7, 11) is 0. The monoisotopic (exact) mass is 276 g/mol. The SMILES string of the molecule is CC(C)(C)OC(=O)C=Cc1ccc(OC(C)(C)C)cc1. The highest BCUT2D eigenvalue weighted by Crippen LogP contribution is 2.19. The van der Waals surface area contributed by atoms with Crippen LogP contribution < -0.4 is 4.74 Å². The van der Waals surface area contributed by atoms with Crippen LogP contribution in [-0.4, -0.2) is 17.2 Å². The predicted octanol–water partition coefficient (Wildman–Crippen LogP) is 4.22. The molecule has 0 bridgehead atoms. The van der Waals surface area contributed by atoms with Crippen molar-refractivity contribution in [3.63, 3.8) is 0 Å². The van der Waals surface area contributed by atoms with Crippen molar-refractivity contribution in [1.82, 2.24) is 0 Å². The number of hydrogen-bond donors (Lipinski definition) is 0. The van der Waals surface area contributed by atoms with Gasteiger partial charge in [0.05, 0.1) is 0 Å². The Morgan fingerprint density at radius 1 is 0.950 bits per heavy atom. The summed E-state index contributed by atoms with van der Waals surface area (Å²) in [5.74, 6) is 0.472. The lowest BCUT2D eigenvalue weighted by atomic mass is 10.1. The van der Waals surface area contributed by atoms with Gasteiger partial charge in [-0.15, -0.1) is 0 Å². The largest absolute Gasteiger partial charge is 0.488 e. The first kappa shape index (κ1) is 16.3. The first-order valence-electron chi connectivity index (χ1n) is 6.75. The van der Waals surface area contributed by atoms with Crippen LogP contribution in [0.4, 0.5) is 0 Å². The van der Waals surface area contributed by atoms with Crippen LogP contribution in [0.5, 0.6) is 5.75 Å². The molecule has 3 nitrogen and oxygen atoms in total. The van der Waals surface area contributed by atoms with E-state index < -0.39 is 5.60 Å². The molecule has 0 atom stereocenters. The molecular formula is C17H24O3. The van der Waals surface area contributed by atoms with Crippen molar-refractivity contribution in [1.29, 1.82) is 0 Å². The molecule has 0 aliphatic heterocycles. The molecule has 0 N–H and O–H groups in total. The standard InChI is InChI=1S/C17H24O3/c1-16(2,3)19-14-10-7-13(8-11-14)9-12-15(18)20-17(4,5)6/h7-12H,1-6H3. The van der Waals surface area contributed by atoms with Gasteiger partial charge in [0.1, 0.15) is 17.0 Å². The van der Waals surface area contributed by atoms with E-state index in [4.69, 9.17) is 9.47 Å². The zero-order valence-corrected chi connectivity index (χ0v) is 13.2. The normalized spacial score (nSPS) is 12.5. The van der Waals surface area contributed by atoms with E-state index in [0.29, 0.717) is 0 Å². The molecule has 0 spiro atoms. The molecule has 0 aromatic heterocycles. The van der Waals surface area contributed by atoms with E-state index >= 15 is 0 Å². The van der Waals surface area contributed by atoms with Crippen molar-refractivity contribution in [2.24, 2.45) is 0 Å². The number of hydrogen-bond acceptors (Lipinski definition) is 3. The van der Waals surface area contributed by atoms with Crippen LogP contribution in [0.15, 0.2) is 30.3 Å². The molecule has 0 amide bonds. The molecule has 0 aliphatic carbocycles. The maximum absolute atomic E-state index is 11.6. The maximum atomic E-state index is 11.6. The third-order valence-electron chi connectivity index (χ3n) is 2.12. The quantitative estimate of drug-likeness (QED) is 0.612. The zero-order chi connectivity index (χ0) is 15.4. The Hall–Kier alpha value is -1.77. The van der Waals surface area contributed by atoms with Crippen molar-refractivity contribution in [2.75, 3.05) is 0 Å². The first-order valence-corrected chi connectivity index (χ1v) is 6.75. The van der Waals surface area contributed by atoms with Crippen LogP contribution in [0, 0.1) is 0 Å². The molecule has 1 rings (SSSR count). The van der Waals surface area contributed by atoms with Crippen LogP contribution >= 0.6 is 0 Å². The summed E-state index contributed by atoms with van der Waals surface area (Å²) in [6, 6.07) is 7.59. The Bertz CT molecular complexity index is 470. The van der Waals surface area contributed by atoms with Crippen molar-refractivity contribution in [3.05, 3.63) is 35.9 Å². The van der Waals surface area contributed by atoms with Gasteiger partial charge < -0.3 is 9.47 Å². The number of carbonyl (C=O) groups excluding carboxylic acids is 1. The van der Waals surface area contributed by atoms with E-state index in [1.807, 2.05) is 65.8 Å². The van der Waals surface area contributed by atoms with Gasteiger partial charge in [0.2, 0.25) is 0 Å². The van der Waals surface area contributed by atoms with Gasteiger partial charge in [-0.2, -0.15) is 0 Å². The molecule has 0 unspecified atom stereocenters. The van der Waals surface area contributed by atoms with E-state index in [1.54, 1.807) is 6.08 Å². The zero-order valence-electron chi connectivity index (χ0n) is 13.2. The highest BCUT2D eigenvalue weighted by Gasteiger charge is 2.14. The maximum Gasteiger partial charge on any atom is 0.331 e. The highest BCUT2D eigenvalue weighted by molar-refractivity contribution is 5.87. The third-order valence-corrected chi connectivity index (χ3v) is 2.12. The van der Waals surface area contributed by atoms with E-state index in [1.165, 1.54) is 6.08 Å². The molecule has 110 valence electrons. The molecule has 0 aliphatic rings. The van der Waals surface area contributed by atoms with Gasteiger partial charge in [-0.25, -0.2) is 4.79 Å². The minimum Gasteiger partial charge on any atom is -0.488 e. The van der Waals surface area contributed by atoms with Crippen molar-refractivity contribution < 1.29 is 14.3 Å². The minimum atomic E-state index is -0.466. The average molecular weight is 276 g/mol. The molecule has 0 radical (unpaired) electrons. The molecule has 3 heteroatoms. The summed E-state index contributed by atoms with van der Waals surface area (Å²) in [4.78, 5) is 11.6. The van der Waals surface area contributed by atoms with Gasteiger partial charge in [-0.1, -0.05) is 12.1 Å². The number of esters is 1. The fourth-order valence-corrected chi connectivity index (χ4v) is 1.50. The number of ether oxygens (including phenoxy) is 2. The second-order valence-corrected chi connectivity index (χ2v) is 6.65. The third kappa shape index (κ3) is 6.98. The predicted molar refractivity (Wildman–Crippen MR) is 81.7 cm³/mol. The van der Waals surface area contributed by atoms with Crippen LogP contribution in [0.3, 0.4) is 0 Å². The summed E-state index contributed by atoms with van der Waals surface area (Å²) < 4.78 is 10.9. The minimum absolute atomic E-state index is 0.214. The molecule has 0 saturated heterocycles. The molecular weight excluding hydrogens is 252 g/mol. The number of carbonyl (C=O) groups is 1. The van der Waals surface area contributed by atoms with Crippen LogP contribution in [0.25, 0.3) is 6.08 Å². The summed E-state index contributed by atoms with van der Waals surface area (Å²) >= 11 is 0.